The molecule has 3 rings (SSSR count). The highest BCUT2D eigenvalue weighted by Gasteiger charge is 2.29. The topological polar surface area (TPSA) is 64.7 Å². The van der Waals surface area contributed by atoms with Crippen LogP contribution in [0.1, 0.15) is 39.5 Å². The first-order chi connectivity index (χ1) is 13.0. The van der Waals surface area contributed by atoms with Gasteiger partial charge in [-0.25, -0.2) is 4.79 Å². The Bertz CT molecular complexity index is 620. The number of amides is 3. The largest absolute Gasteiger partial charge is 0.368 e. The molecule has 3 amide bonds. The van der Waals surface area contributed by atoms with Gasteiger partial charge in [0.05, 0.1) is 0 Å². The molecule has 148 valence electrons. The molecule has 1 aromatic rings. The quantitative estimate of drug-likeness (QED) is 0.835. The van der Waals surface area contributed by atoms with Gasteiger partial charge in [-0.05, 0) is 30.9 Å². The van der Waals surface area contributed by atoms with Gasteiger partial charge in [-0.3, -0.25) is 4.79 Å². The minimum absolute atomic E-state index is 0.0480. The summed E-state index contributed by atoms with van der Waals surface area (Å²) < 4.78 is 0. The highest BCUT2D eigenvalue weighted by atomic mass is 16.2. The third-order valence-corrected chi connectivity index (χ3v) is 5.62. The number of nitrogens with zero attached hydrogens (tertiary/aromatic N) is 2. The Balaban J connectivity index is 1.51. The minimum atomic E-state index is -0.481. The lowest BCUT2D eigenvalue weighted by Crippen LogP contribution is -2.57. The maximum atomic E-state index is 12.7. The second kappa shape index (κ2) is 9.11. The van der Waals surface area contributed by atoms with Crippen molar-refractivity contribution in [1.29, 1.82) is 0 Å². The van der Waals surface area contributed by atoms with Gasteiger partial charge in [-0.2, -0.15) is 0 Å². The average molecular weight is 373 g/mol. The van der Waals surface area contributed by atoms with Gasteiger partial charge in [-0.1, -0.05) is 44.9 Å². The Morgan fingerprint density at radius 3 is 2.22 bits per heavy atom. The summed E-state index contributed by atoms with van der Waals surface area (Å²) in [5.41, 5.74) is 1.19. The molecule has 2 N–H and O–H groups in total. The predicted octanol–water partition coefficient (Wildman–Crippen LogP) is 2.60. The van der Waals surface area contributed by atoms with Gasteiger partial charge in [0.1, 0.15) is 6.04 Å². The summed E-state index contributed by atoms with van der Waals surface area (Å²) in [6, 6.07) is 9.92. The third-order valence-electron chi connectivity index (χ3n) is 5.62. The highest BCUT2D eigenvalue weighted by molar-refractivity contribution is 5.87. The number of benzene rings is 1. The molecular formula is C21H32N4O2. The lowest BCUT2D eigenvalue weighted by molar-refractivity contribution is -0.124. The molecule has 0 radical (unpaired) electrons. The van der Waals surface area contributed by atoms with Gasteiger partial charge in [-0.15, -0.1) is 0 Å². The molecule has 1 saturated carbocycles. The summed E-state index contributed by atoms with van der Waals surface area (Å²) in [6.45, 7) is 6.89. The van der Waals surface area contributed by atoms with Crippen LogP contribution < -0.4 is 15.5 Å². The molecule has 2 aliphatic rings. The van der Waals surface area contributed by atoms with Crippen molar-refractivity contribution in [2.75, 3.05) is 31.1 Å². The summed E-state index contributed by atoms with van der Waals surface area (Å²) in [5, 5.41) is 6.09. The number of hydrogen-bond acceptors (Lipinski definition) is 3. The number of anilines is 1. The maximum absolute atomic E-state index is 12.7. The number of piperazine rings is 1. The summed E-state index contributed by atoms with van der Waals surface area (Å²) in [7, 11) is 0. The van der Waals surface area contributed by atoms with Crippen molar-refractivity contribution < 1.29 is 9.59 Å². The van der Waals surface area contributed by atoms with Gasteiger partial charge in [0.15, 0.2) is 0 Å². The fourth-order valence-corrected chi connectivity index (χ4v) is 3.93. The fourth-order valence-electron chi connectivity index (χ4n) is 3.93. The fraction of sp³-hybridized carbons (Fsp3) is 0.619. The molecule has 1 heterocycles. The number of hydrogen-bond donors (Lipinski definition) is 2. The number of carbonyl (C=O) groups excluding carboxylic acids is 2. The van der Waals surface area contributed by atoms with Crippen LogP contribution in [0, 0.1) is 5.92 Å². The second-order valence-electron chi connectivity index (χ2n) is 7.97. The van der Waals surface area contributed by atoms with Crippen molar-refractivity contribution in [1.82, 2.24) is 15.5 Å². The highest BCUT2D eigenvalue weighted by Crippen LogP contribution is 2.18. The molecule has 1 aliphatic heterocycles. The molecule has 0 bridgehead atoms. The Labute approximate surface area is 162 Å². The van der Waals surface area contributed by atoms with E-state index in [0.29, 0.717) is 13.1 Å². The zero-order valence-corrected chi connectivity index (χ0v) is 16.5. The van der Waals surface area contributed by atoms with Crippen molar-refractivity contribution >= 4 is 17.6 Å². The number of rotatable bonds is 5. The molecule has 6 nitrogen and oxygen atoms in total. The van der Waals surface area contributed by atoms with E-state index in [1.165, 1.54) is 18.5 Å². The van der Waals surface area contributed by atoms with E-state index in [-0.39, 0.29) is 23.9 Å². The van der Waals surface area contributed by atoms with Crippen LogP contribution in [-0.4, -0.2) is 55.1 Å². The molecule has 2 fully saturated rings. The van der Waals surface area contributed by atoms with E-state index in [9.17, 15) is 9.59 Å². The lowest BCUT2D eigenvalue weighted by atomic mass is 10.0. The Kier molecular flexibility index (Phi) is 6.58. The first-order valence-corrected chi connectivity index (χ1v) is 10.2. The molecule has 1 aromatic carbocycles. The van der Waals surface area contributed by atoms with E-state index in [1.807, 2.05) is 36.9 Å². The van der Waals surface area contributed by atoms with E-state index < -0.39 is 6.04 Å². The van der Waals surface area contributed by atoms with Gasteiger partial charge in [0.2, 0.25) is 5.91 Å². The maximum Gasteiger partial charge on any atom is 0.318 e. The monoisotopic (exact) mass is 372 g/mol. The number of carbonyl (C=O) groups is 2. The minimum Gasteiger partial charge on any atom is -0.368 e. The van der Waals surface area contributed by atoms with Crippen molar-refractivity contribution in [2.45, 2.75) is 51.6 Å². The molecule has 1 atom stereocenters. The number of nitrogens with one attached hydrogen (secondary N) is 2. The van der Waals surface area contributed by atoms with Gasteiger partial charge in [0.25, 0.3) is 0 Å². The average Bonchev–Trinajstić information content (AvgIpc) is 3.19. The van der Waals surface area contributed by atoms with Gasteiger partial charge >= 0.3 is 6.03 Å². The Morgan fingerprint density at radius 2 is 1.63 bits per heavy atom. The van der Waals surface area contributed by atoms with Crippen molar-refractivity contribution in [3.63, 3.8) is 0 Å². The third kappa shape index (κ3) is 5.15. The molecule has 0 spiro atoms. The normalized spacial score (nSPS) is 19.2. The molecule has 6 heteroatoms. The molecule has 1 saturated heterocycles. The summed E-state index contributed by atoms with van der Waals surface area (Å²) in [6.07, 6.45) is 4.45. The Morgan fingerprint density at radius 1 is 1.00 bits per heavy atom. The predicted molar refractivity (Wildman–Crippen MR) is 108 cm³/mol. The molecule has 0 aromatic heterocycles. The second-order valence-corrected chi connectivity index (χ2v) is 7.97. The van der Waals surface area contributed by atoms with E-state index in [2.05, 4.69) is 27.7 Å². The lowest BCUT2D eigenvalue weighted by Gasteiger charge is -2.37. The van der Waals surface area contributed by atoms with Gasteiger partial charge < -0.3 is 20.4 Å². The summed E-state index contributed by atoms with van der Waals surface area (Å²) in [4.78, 5) is 29.5. The molecule has 0 unspecified atom stereocenters. The zero-order valence-electron chi connectivity index (χ0n) is 16.5. The smallest absolute Gasteiger partial charge is 0.318 e. The first kappa shape index (κ1) is 19.5. The zero-order chi connectivity index (χ0) is 19.2. The molecule has 1 aliphatic carbocycles. The van der Waals surface area contributed by atoms with Crippen LogP contribution in [0.4, 0.5) is 10.5 Å². The van der Waals surface area contributed by atoms with Crippen molar-refractivity contribution in [3.05, 3.63) is 30.3 Å². The number of urea groups is 1. The first-order valence-electron chi connectivity index (χ1n) is 10.2. The van der Waals surface area contributed by atoms with E-state index in [1.54, 1.807) is 0 Å². The van der Waals surface area contributed by atoms with Crippen LogP contribution >= 0.6 is 0 Å². The van der Waals surface area contributed by atoms with E-state index >= 15 is 0 Å². The van der Waals surface area contributed by atoms with E-state index in [4.69, 9.17) is 0 Å². The summed E-state index contributed by atoms with van der Waals surface area (Å²) >= 11 is 0. The van der Waals surface area contributed by atoms with Gasteiger partial charge in [0, 0.05) is 37.9 Å². The van der Waals surface area contributed by atoms with Crippen molar-refractivity contribution in [2.24, 2.45) is 5.92 Å². The van der Waals surface area contributed by atoms with Crippen LogP contribution in [0.5, 0.6) is 0 Å². The summed E-state index contributed by atoms with van der Waals surface area (Å²) in [5.74, 6) is 0.00846. The standard InChI is InChI=1S/C21H32N4O2/c1-16(2)19(20(26)22-17-8-6-7-9-17)23-21(27)25-14-12-24(13-15-25)18-10-4-3-5-11-18/h3-5,10-11,16-17,19H,6-9,12-15H2,1-2H3,(H,22,26)(H,23,27)/t19-/m1/s1. The van der Waals surface area contributed by atoms with Crippen LogP contribution in [-0.2, 0) is 4.79 Å². The van der Waals surface area contributed by atoms with Crippen molar-refractivity contribution in [3.8, 4) is 0 Å². The van der Waals surface area contributed by atoms with Crippen LogP contribution in [0.3, 0.4) is 0 Å². The van der Waals surface area contributed by atoms with Crippen LogP contribution in [0.2, 0.25) is 0 Å². The number of para-hydroxylation sites is 1. The Hall–Kier alpha value is -2.24. The van der Waals surface area contributed by atoms with E-state index in [0.717, 1.165) is 25.9 Å². The molecule has 27 heavy (non-hydrogen) atoms. The molecular weight excluding hydrogens is 340 g/mol. The van der Waals surface area contributed by atoms with Crippen LogP contribution in [0.15, 0.2) is 30.3 Å². The SMILES string of the molecule is CC(C)[C@@H](NC(=O)N1CCN(c2ccccc2)CC1)C(=O)NC1CCCC1. The van der Waals surface area contributed by atoms with Crippen LogP contribution in [0.25, 0.3) is 0 Å².